The number of nitrogens with zero attached hydrogens (tertiary/aromatic N) is 1. The zero-order valence-electron chi connectivity index (χ0n) is 12.5. The zero-order valence-corrected chi connectivity index (χ0v) is 12.5. The third-order valence-electron chi connectivity index (χ3n) is 4.56. The Morgan fingerprint density at radius 2 is 1.90 bits per heavy atom. The van der Waals surface area contributed by atoms with E-state index in [-0.39, 0.29) is 11.7 Å². The second-order valence-electron chi connectivity index (χ2n) is 6.18. The number of carbonyl (C=O) groups excluding carboxylic acids is 1. The van der Waals surface area contributed by atoms with Gasteiger partial charge >= 0.3 is 0 Å². The summed E-state index contributed by atoms with van der Waals surface area (Å²) in [5, 5.41) is 1.22. The molecule has 1 aliphatic heterocycles. The molecule has 0 aromatic heterocycles. The lowest BCUT2D eigenvalue weighted by molar-refractivity contribution is 0.0786. The van der Waals surface area contributed by atoms with E-state index in [0.29, 0.717) is 28.2 Å². The summed E-state index contributed by atoms with van der Waals surface area (Å²) >= 11 is 0. The van der Waals surface area contributed by atoms with Gasteiger partial charge < -0.3 is 4.90 Å². The Morgan fingerprint density at radius 3 is 2.57 bits per heavy atom. The molecule has 0 spiro atoms. The molecule has 3 rings (SSSR count). The monoisotopic (exact) mass is 285 g/mol. The van der Waals surface area contributed by atoms with Gasteiger partial charge in [-0.2, -0.15) is 0 Å². The molecule has 1 aliphatic rings. The predicted molar refractivity (Wildman–Crippen MR) is 82.8 cm³/mol. The lowest BCUT2D eigenvalue weighted by Gasteiger charge is -2.19. The average Bonchev–Trinajstić information content (AvgIpc) is 2.97. The van der Waals surface area contributed by atoms with E-state index in [0.717, 1.165) is 19.5 Å². The zero-order chi connectivity index (χ0) is 15.0. The highest BCUT2D eigenvalue weighted by atomic mass is 19.1. The number of hydrogen-bond acceptors (Lipinski definition) is 1. The van der Waals surface area contributed by atoms with Gasteiger partial charge in [0.2, 0.25) is 0 Å². The molecule has 110 valence electrons. The molecule has 0 aliphatic carbocycles. The number of amides is 1. The molecule has 0 radical (unpaired) electrons. The minimum Gasteiger partial charge on any atom is -0.338 e. The lowest BCUT2D eigenvalue weighted by Crippen LogP contribution is -2.29. The van der Waals surface area contributed by atoms with Crippen LogP contribution < -0.4 is 0 Å². The summed E-state index contributed by atoms with van der Waals surface area (Å²) in [4.78, 5) is 14.7. The van der Waals surface area contributed by atoms with Gasteiger partial charge in [-0.3, -0.25) is 4.79 Å². The van der Waals surface area contributed by atoms with Crippen LogP contribution in [0.25, 0.3) is 10.8 Å². The number of fused-ring (bicyclic) bond motifs is 1. The van der Waals surface area contributed by atoms with E-state index in [2.05, 4.69) is 13.8 Å². The molecule has 3 heteroatoms. The Kier molecular flexibility index (Phi) is 3.66. The summed E-state index contributed by atoms with van der Waals surface area (Å²) in [6, 6.07) is 10.2. The summed E-state index contributed by atoms with van der Waals surface area (Å²) in [5.41, 5.74) is 0.608. The fourth-order valence-corrected chi connectivity index (χ4v) is 3.14. The van der Waals surface area contributed by atoms with Crippen molar-refractivity contribution in [3.05, 3.63) is 47.8 Å². The van der Waals surface area contributed by atoms with Gasteiger partial charge in [0.1, 0.15) is 5.82 Å². The van der Waals surface area contributed by atoms with E-state index in [1.54, 1.807) is 18.2 Å². The largest absolute Gasteiger partial charge is 0.338 e. The number of carbonyl (C=O) groups is 1. The summed E-state index contributed by atoms with van der Waals surface area (Å²) in [6.07, 6.45) is 1.06. The first-order chi connectivity index (χ1) is 10.1. The molecule has 21 heavy (non-hydrogen) atoms. The lowest BCUT2D eigenvalue weighted by atomic mass is 9.95. The highest BCUT2D eigenvalue weighted by molar-refractivity contribution is 6.07. The van der Waals surface area contributed by atoms with Crippen molar-refractivity contribution in [3.8, 4) is 0 Å². The van der Waals surface area contributed by atoms with Crippen LogP contribution in [0.2, 0.25) is 0 Å². The van der Waals surface area contributed by atoms with Crippen molar-refractivity contribution in [2.75, 3.05) is 13.1 Å². The normalized spacial score (nSPS) is 18.7. The van der Waals surface area contributed by atoms with Gasteiger partial charge in [-0.25, -0.2) is 4.39 Å². The van der Waals surface area contributed by atoms with Crippen LogP contribution in [0.15, 0.2) is 36.4 Å². The van der Waals surface area contributed by atoms with Gasteiger partial charge in [0.05, 0.1) is 0 Å². The first-order valence-electron chi connectivity index (χ1n) is 7.54. The van der Waals surface area contributed by atoms with E-state index in [1.165, 1.54) is 6.07 Å². The predicted octanol–water partition coefficient (Wildman–Crippen LogP) is 4.10. The standard InChI is InChI=1S/C18H20FNO/c1-12(2)13-9-10-20(11-13)18(21)16-7-8-17(19)15-6-4-3-5-14(15)16/h3-8,12-13H,9-11H2,1-2H3. The molecule has 0 N–H and O–H groups in total. The van der Waals surface area contributed by atoms with Gasteiger partial charge in [-0.05, 0) is 35.8 Å². The van der Waals surface area contributed by atoms with Crippen molar-refractivity contribution in [1.29, 1.82) is 0 Å². The molecule has 1 atom stereocenters. The maximum Gasteiger partial charge on any atom is 0.254 e. The maximum atomic E-state index is 13.8. The fraction of sp³-hybridized carbons (Fsp3) is 0.389. The Bertz CT molecular complexity index is 680. The van der Waals surface area contributed by atoms with Crippen LogP contribution in [0.1, 0.15) is 30.6 Å². The SMILES string of the molecule is CC(C)C1CCN(C(=O)c2ccc(F)c3ccccc23)C1. The van der Waals surface area contributed by atoms with Crippen LogP contribution in [0, 0.1) is 17.7 Å². The van der Waals surface area contributed by atoms with Crippen LogP contribution in [0.5, 0.6) is 0 Å². The van der Waals surface area contributed by atoms with Crippen LogP contribution in [-0.4, -0.2) is 23.9 Å². The first kappa shape index (κ1) is 14.1. The Morgan fingerprint density at radius 1 is 1.19 bits per heavy atom. The number of likely N-dealkylation sites (tertiary alicyclic amines) is 1. The highest BCUT2D eigenvalue weighted by Gasteiger charge is 2.29. The molecule has 1 heterocycles. The number of rotatable bonds is 2. The molecule has 2 aromatic rings. The van der Waals surface area contributed by atoms with Gasteiger partial charge in [-0.15, -0.1) is 0 Å². The van der Waals surface area contributed by atoms with E-state index in [9.17, 15) is 9.18 Å². The summed E-state index contributed by atoms with van der Waals surface area (Å²) in [6.45, 7) is 6.01. The molecule has 0 bridgehead atoms. The van der Waals surface area contributed by atoms with Crippen LogP contribution in [0.3, 0.4) is 0 Å². The third-order valence-corrected chi connectivity index (χ3v) is 4.56. The van der Waals surface area contributed by atoms with E-state index >= 15 is 0 Å². The van der Waals surface area contributed by atoms with Crippen molar-refractivity contribution in [2.24, 2.45) is 11.8 Å². The molecule has 1 fully saturated rings. The molecular formula is C18H20FNO. The Hall–Kier alpha value is -1.90. The van der Waals surface area contributed by atoms with Crippen molar-refractivity contribution in [1.82, 2.24) is 4.90 Å². The molecule has 0 saturated carbocycles. The quantitative estimate of drug-likeness (QED) is 0.813. The molecule has 1 unspecified atom stereocenters. The minimum atomic E-state index is -0.274. The Balaban J connectivity index is 1.94. The van der Waals surface area contributed by atoms with Crippen LogP contribution in [0.4, 0.5) is 4.39 Å². The second-order valence-corrected chi connectivity index (χ2v) is 6.18. The third kappa shape index (κ3) is 2.53. The second kappa shape index (κ2) is 5.47. The smallest absolute Gasteiger partial charge is 0.254 e. The van der Waals surface area contributed by atoms with Crippen LogP contribution in [-0.2, 0) is 0 Å². The van der Waals surface area contributed by atoms with Crippen molar-refractivity contribution in [3.63, 3.8) is 0 Å². The van der Waals surface area contributed by atoms with E-state index in [4.69, 9.17) is 0 Å². The maximum absolute atomic E-state index is 13.8. The van der Waals surface area contributed by atoms with Gasteiger partial charge in [-0.1, -0.05) is 38.1 Å². The molecule has 2 aromatic carbocycles. The van der Waals surface area contributed by atoms with Gasteiger partial charge in [0, 0.05) is 24.0 Å². The number of halogens is 1. The highest BCUT2D eigenvalue weighted by Crippen LogP contribution is 2.28. The van der Waals surface area contributed by atoms with Crippen molar-refractivity contribution in [2.45, 2.75) is 20.3 Å². The molecule has 1 saturated heterocycles. The average molecular weight is 285 g/mol. The molecule has 1 amide bonds. The Labute approximate surface area is 124 Å². The summed E-state index contributed by atoms with van der Waals surface area (Å²) in [5.74, 6) is 0.909. The topological polar surface area (TPSA) is 20.3 Å². The van der Waals surface area contributed by atoms with E-state index in [1.807, 2.05) is 17.0 Å². The number of benzene rings is 2. The van der Waals surface area contributed by atoms with Gasteiger partial charge in [0.15, 0.2) is 0 Å². The van der Waals surface area contributed by atoms with Crippen molar-refractivity contribution < 1.29 is 9.18 Å². The summed E-state index contributed by atoms with van der Waals surface area (Å²) in [7, 11) is 0. The van der Waals surface area contributed by atoms with Gasteiger partial charge in [0.25, 0.3) is 5.91 Å². The minimum absolute atomic E-state index is 0.0225. The molecular weight excluding hydrogens is 265 g/mol. The van der Waals surface area contributed by atoms with Crippen LogP contribution >= 0.6 is 0 Å². The summed E-state index contributed by atoms with van der Waals surface area (Å²) < 4.78 is 13.8. The van der Waals surface area contributed by atoms with Crippen molar-refractivity contribution >= 4 is 16.7 Å². The van der Waals surface area contributed by atoms with E-state index < -0.39 is 0 Å². The number of hydrogen-bond donors (Lipinski definition) is 0. The fourth-order valence-electron chi connectivity index (χ4n) is 3.14. The first-order valence-corrected chi connectivity index (χ1v) is 7.54. The molecule has 2 nitrogen and oxygen atoms in total.